The molecule has 0 aliphatic rings. The summed E-state index contributed by atoms with van der Waals surface area (Å²) in [6, 6.07) is 0. The van der Waals surface area contributed by atoms with Crippen LogP contribution < -0.4 is 10.0 Å². The topological polar surface area (TPSA) is 88.9 Å². The van der Waals surface area contributed by atoms with E-state index in [0.717, 1.165) is 18.8 Å². The highest BCUT2D eigenvalue weighted by Gasteiger charge is 2.08. The van der Waals surface area contributed by atoms with E-state index in [1.165, 1.54) is 0 Å². The summed E-state index contributed by atoms with van der Waals surface area (Å²) in [5, 5.41) is 10.7. The molecule has 0 aliphatic carbocycles. The molecule has 0 saturated heterocycles. The SMILES string of the molecule is CCCn1nncc1NCCS(=O)(=O)NCC. The second kappa shape index (κ2) is 6.55. The van der Waals surface area contributed by atoms with Crippen LogP contribution in [-0.4, -0.2) is 42.3 Å². The minimum absolute atomic E-state index is 0.0398. The molecule has 8 heteroatoms. The predicted molar refractivity (Wildman–Crippen MR) is 66.3 cm³/mol. The standard InChI is InChI=1S/C9H19N5O2S/c1-3-6-14-9(8-11-13-14)10-5-7-17(15,16)12-4-2/h8,10,12H,3-7H2,1-2H3. The molecule has 0 bridgehead atoms. The van der Waals surface area contributed by atoms with E-state index in [-0.39, 0.29) is 5.75 Å². The predicted octanol–water partition coefficient (Wildman–Crippen LogP) is 0.0393. The monoisotopic (exact) mass is 261 g/mol. The fourth-order valence-electron chi connectivity index (χ4n) is 1.38. The summed E-state index contributed by atoms with van der Waals surface area (Å²) in [4.78, 5) is 0. The smallest absolute Gasteiger partial charge is 0.213 e. The van der Waals surface area contributed by atoms with Crippen LogP contribution in [0.4, 0.5) is 5.82 Å². The lowest BCUT2D eigenvalue weighted by atomic mass is 10.5. The molecule has 0 aliphatic heterocycles. The fourth-order valence-corrected chi connectivity index (χ4v) is 2.33. The summed E-state index contributed by atoms with van der Waals surface area (Å²) in [5.74, 6) is 0.788. The number of hydrogen-bond acceptors (Lipinski definition) is 5. The van der Waals surface area contributed by atoms with Gasteiger partial charge < -0.3 is 5.32 Å². The van der Waals surface area contributed by atoms with Crippen LogP contribution in [0.5, 0.6) is 0 Å². The zero-order valence-electron chi connectivity index (χ0n) is 10.2. The molecule has 0 saturated carbocycles. The lowest BCUT2D eigenvalue weighted by Crippen LogP contribution is -2.29. The van der Waals surface area contributed by atoms with Crippen molar-refractivity contribution in [2.75, 3.05) is 24.2 Å². The molecule has 7 nitrogen and oxygen atoms in total. The van der Waals surface area contributed by atoms with Crippen LogP contribution in [0.1, 0.15) is 20.3 Å². The summed E-state index contributed by atoms with van der Waals surface area (Å²) in [5.41, 5.74) is 0. The maximum absolute atomic E-state index is 11.4. The van der Waals surface area contributed by atoms with Gasteiger partial charge in [0.05, 0.1) is 11.9 Å². The number of nitrogens with zero attached hydrogens (tertiary/aromatic N) is 3. The van der Waals surface area contributed by atoms with Crippen molar-refractivity contribution in [2.45, 2.75) is 26.8 Å². The maximum Gasteiger partial charge on any atom is 0.213 e. The third kappa shape index (κ3) is 4.70. The van der Waals surface area contributed by atoms with Crippen molar-refractivity contribution in [3.63, 3.8) is 0 Å². The Bertz CT molecular complexity index is 428. The Morgan fingerprint density at radius 1 is 1.41 bits per heavy atom. The minimum Gasteiger partial charge on any atom is -0.368 e. The molecule has 1 aromatic heterocycles. The summed E-state index contributed by atoms with van der Waals surface area (Å²) in [6.07, 6.45) is 2.54. The van der Waals surface area contributed by atoms with Crippen molar-refractivity contribution in [1.29, 1.82) is 0 Å². The number of nitrogens with one attached hydrogen (secondary N) is 2. The molecule has 0 spiro atoms. The Hall–Kier alpha value is -1.15. The average Bonchev–Trinajstić information content (AvgIpc) is 2.66. The maximum atomic E-state index is 11.4. The van der Waals surface area contributed by atoms with Gasteiger partial charge in [-0.15, -0.1) is 5.10 Å². The van der Waals surface area contributed by atoms with Crippen molar-refractivity contribution in [3.05, 3.63) is 6.20 Å². The van der Waals surface area contributed by atoms with Crippen LogP contribution in [0.2, 0.25) is 0 Å². The second-order valence-electron chi connectivity index (χ2n) is 3.59. The minimum atomic E-state index is -3.17. The highest BCUT2D eigenvalue weighted by molar-refractivity contribution is 7.89. The van der Waals surface area contributed by atoms with Gasteiger partial charge in [-0.05, 0) is 6.42 Å². The van der Waals surface area contributed by atoms with E-state index >= 15 is 0 Å². The van der Waals surface area contributed by atoms with Gasteiger partial charge >= 0.3 is 0 Å². The molecule has 1 aromatic rings. The average molecular weight is 261 g/mol. The Labute approximate surface area is 102 Å². The van der Waals surface area contributed by atoms with E-state index < -0.39 is 10.0 Å². The molecule has 2 N–H and O–H groups in total. The first-order valence-corrected chi connectivity index (χ1v) is 7.34. The number of sulfonamides is 1. The van der Waals surface area contributed by atoms with E-state index in [1.807, 2.05) is 6.92 Å². The first-order valence-electron chi connectivity index (χ1n) is 5.68. The largest absolute Gasteiger partial charge is 0.368 e. The van der Waals surface area contributed by atoms with Gasteiger partial charge in [0.2, 0.25) is 10.0 Å². The molecular formula is C9H19N5O2S. The normalized spacial score (nSPS) is 11.6. The van der Waals surface area contributed by atoms with Crippen molar-refractivity contribution < 1.29 is 8.42 Å². The Morgan fingerprint density at radius 2 is 2.18 bits per heavy atom. The van der Waals surface area contributed by atoms with Gasteiger partial charge in [-0.3, -0.25) is 0 Å². The van der Waals surface area contributed by atoms with Gasteiger partial charge in [-0.25, -0.2) is 17.8 Å². The van der Waals surface area contributed by atoms with Crippen LogP contribution in [-0.2, 0) is 16.6 Å². The zero-order chi connectivity index (χ0) is 12.7. The quantitative estimate of drug-likeness (QED) is 0.689. The molecule has 0 aromatic carbocycles. The van der Waals surface area contributed by atoms with Gasteiger partial charge in [0, 0.05) is 19.6 Å². The third-order valence-corrected chi connectivity index (χ3v) is 3.56. The van der Waals surface area contributed by atoms with Gasteiger partial charge in [-0.1, -0.05) is 19.1 Å². The third-order valence-electron chi connectivity index (χ3n) is 2.09. The molecule has 1 rings (SSSR count). The molecule has 0 atom stereocenters. The summed E-state index contributed by atoms with van der Waals surface area (Å²) in [7, 11) is -3.17. The van der Waals surface area contributed by atoms with Gasteiger partial charge in [0.15, 0.2) is 0 Å². The molecule has 0 unspecified atom stereocenters. The Balaban J connectivity index is 2.43. The van der Waals surface area contributed by atoms with Gasteiger partial charge in [0.1, 0.15) is 5.82 Å². The van der Waals surface area contributed by atoms with E-state index in [4.69, 9.17) is 0 Å². The van der Waals surface area contributed by atoms with Crippen molar-refractivity contribution >= 4 is 15.8 Å². The zero-order valence-corrected chi connectivity index (χ0v) is 11.0. The lowest BCUT2D eigenvalue weighted by molar-refractivity contribution is 0.579. The Morgan fingerprint density at radius 3 is 2.82 bits per heavy atom. The van der Waals surface area contributed by atoms with E-state index in [9.17, 15) is 8.42 Å². The molecule has 0 amide bonds. The van der Waals surface area contributed by atoms with Gasteiger partial charge in [0.25, 0.3) is 0 Å². The van der Waals surface area contributed by atoms with E-state index in [2.05, 4.69) is 20.4 Å². The van der Waals surface area contributed by atoms with Crippen molar-refractivity contribution in [1.82, 2.24) is 19.7 Å². The molecule has 0 fully saturated rings. The number of rotatable bonds is 8. The van der Waals surface area contributed by atoms with Crippen LogP contribution in [0.25, 0.3) is 0 Å². The fraction of sp³-hybridized carbons (Fsp3) is 0.778. The number of aromatic nitrogens is 3. The number of anilines is 1. The summed E-state index contributed by atoms with van der Waals surface area (Å²) < 4.78 is 26.9. The molecule has 17 heavy (non-hydrogen) atoms. The van der Waals surface area contributed by atoms with E-state index in [0.29, 0.717) is 13.1 Å². The Kier molecular flexibility index (Phi) is 5.36. The first-order chi connectivity index (χ1) is 8.09. The highest BCUT2D eigenvalue weighted by atomic mass is 32.2. The number of hydrogen-bond donors (Lipinski definition) is 2. The van der Waals surface area contributed by atoms with Gasteiger partial charge in [-0.2, -0.15) is 0 Å². The molecular weight excluding hydrogens is 242 g/mol. The van der Waals surface area contributed by atoms with Crippen LogP contribution in [0.15, 0.2) is 6.20 Å². The van der Waals surface area contributed by atoms with Crippen molar-refractivity contribution in [3.8, 4) is 0 Å². The van der Waals surface area contributed by atoms with E-state index in [1.54, 1.807) is 17.8 Å². The lowest BCUT2D eigenvalue weighted by Gasteiger charge is -2.08. The summed E-state index contributed by atoms with van der Waals surface area (Å²) in [6.45, 7) is 5.32. The highest BCUT2D eigenvalue weighted by Crippen LogP contribution is 2.04. The molecule has 98 valence electrons. The van der Waals surface area contributed by atoms with Crippen LogP contribution in [0.3, 0.4) is 0 Å². The molecule has 0 radical (unpaired) electrons. The first kappa shape index (κ1) is 13.9. The van der Waals surface area contributed by atoms with Crippen LogP contribution in [0, 0.1) is 0 Å². The van der Waals surface area contributed by atoms with Crippen molar-refractivity contribution in [2.24, 2.45) is 0 Å². The van der Waals surface area contributed by atoms with Crippen LogP contribution >= 0.6 is 0 Å². The molecule has 1 heterocycles. The number of aryl methyl sites for hydroxylation is 1. The second-order valence-corrected chi connectivity index (χ2v) is 5.51. The summed E-state index contributed by atoms with van der Waals surface area (Å²) >= 11 is 0.